The summed E-state index contributed by atoms with van der Waals surface area (Å²) < 4.78 is 0.995. The number of para-hydroxylation sites is 1. The topological polar surface area (TPSA) is 38.9 Å². The summed E-state index contributed by atoms with van der Waals surface area (Å²) in [7, 11) is 0. The molecule has 2 rings (SSSR count). The van der Waals surface area contributed by atoms with Gasteiger partial charge in [0.2, 0.25) is 0 Å². The van der Waals surface area contributed by atoms with Crippen molar-refractivity contribution >= 4 is 26.8 Å². The number of pyridine rings is 1. The Hall–Kier alpha value is -0.930. The molecule has 0 atom stereocenters. The van der Waals surface area contributed by atoms with Crippen LogP contribution in [-0.4, -0.2) is 4.98 Å². The molecule has 2 aromatic rings. The molecule has 0 aliphatic carbocycles. The van der Waals surface area contributed by atoms with Gasteiger partial charge < -0.3 is 5.73 Å². The summed E-state index contributed by atoms with van der Waals surface area (Å²) in [6, 6.07) is 8.08. The first kappa shape index (κ1) is 8.66. The molecule has 3 heteroatoms. The molecule has 66 valence electrons. The minimum absolute atomic E-state index is 0.534. The standard InChI is InChI=1S/C10H9BrN2/c11-9-4-7-2-1-3-8(5-12)10(7)13-6-9/h1-4,6H,5,12H2. The van der Waals surface area contributed by atoms with Crippen LogP contribution in [0.25, 0.3) is 10.9 Å². The smallest absolute Gasteiger partial charge is 0.0747 e. The molecule has 0 aliphatic heterocycles. The van der Waals surface area contributed by atoms with E-state index in [1.165, 1.54) is 0 Å². The lowest BCUT2D eigenvalue weighted by Gasteiger charge is -2.02. The molecule has 1 heterocycles. The van der Waals surface area contributed by atoms with Crippen LogP contribution in [0.15, 0.2) is 34.9 Å². The molecule has 0 aliphatic rings. The summed E-state index contributed by atoms with van der Waals surface area (Å²) >= 11 is 3.39. The number of nitrogens with zero attached hydrogens (tertiary/aromatic N) is 1. The van der Waals surface area contributed by atoms with Crippen molar-refractivity contribution in [2.75, 3.05) is 0 Å². The molecule has 0 saturated carbocycles. The Kier molecular flexibility index (Phi) is 2.29. The molecule has 2 nitrogen and oxygen atoms in total. The van der Waals surface area contributed by atoms with Gasteiger partial charge in [-0.2, -0.15) is 0 Å². The van der Waals surface area contributed by atoms with E-state index in [-0.39, 0.29) is 0 Å². The summed E-state index contributed by atoms with van der Waals surface area (Å²) in [5.41, 5.74) is 7.68. The quantitative estimate of drug-likeness (QED) is 0.827. The van der Waals surface area contributed by atoms with E-state index in [9.17, 15) is 0 Å². The molecule has 0 fully saturated rings. The van der Waals surface area contributed by atoms with Crippen molar-refractivity contribution < 1.29 is 0 Å². The van der Waals surface area contributed by atoms with Gasteiger partial charge in [-0.3, -0.25) is 4.98 Å². The SMILES string of the molecule is NCc1cccc2cc(Br)cnc12. The van der Waals surface area contributed by atoms with Crippen LogP contribution in [0.3, 0.4) is 0 Å². The molecule has 2 N–H and O–H groups in total. The fourth-order valence-electron chi connectivity index (χ4n) is 1.36. The van der Waals surface area contributed by atoms with Crippen LogP contribution < -0.4 is 5.73 Å². The number of rotatable bonds is 1. The first-order valence-corrected chi connectivity index (χ1v) is 4.84. The molecule has 0 saturated heterocycles. The molecule has 0 unspecified atom stereocenters. The first-order valence-electron chi connectivity index (χ1n) is 4.04. The zero-order chi connectivity index (χ0) is 9.26. The predicted molar refractivity (Wildman–Crippen MR) is 57.3 cm³/mol. The van der Waals surface area contributed by atoms with Crippen molar-refractivity contribution in [3.8, 4) is 0 Å². The maximum absolute atomic E-state index is 5.60. The molecule has 1 aromatic carbocycles. The van der Waals surface area contributed by atoms with Crippen molar-refractivity contribution in [1.82, 2.24) is 4.98 Å². The Morgan fingerprint density at radius 2 is 2.23 bits per heavy atom. The van der Waals surface area contributed by atoms with Crippen LogP contribution in [0, 0.1) is 0 Å². The summed E-state index contributed by atoms with van der Waals surface area (Å²) in [5, 5.41) is 1.12. The lowest BCUT2D eigenvalue weighted by molar-refractivity contribution is 1.08. The Balaban J connectivity index is 2.77. The van der Waals surface area contributed by atoms with Crippen molar-refractivity contribution in [2.24, 2.45) is 5.73 Å². The number of fused-ring (bicyclic) bond motifs is 1. The molecular formula is C10H9BrN2. The summed E-state index contributed by atoms with van der Waals surface area (Å²) in [5.74, 6) is 0. The van der Waals surface area contributed by atoms with Gasteiger partial charge in [0.25, 0.3) is 0 Å². The van der Waals surface area contributed by atoms with Crippen LogP contribution in [-0.2, 0) is 6.54 Å². The van der Waals surface area contributed by atoms with E-state index < -0.39 is 0 Å². The number of benzene rings is 1. The number of hydrogen-bond donors (Lipinski definition) is 1. The average molecular weight is 237 g/mol. The number of nitrogens with two attached hydrogens (primary N) is 1. The van der Waals surface area contributed by atoms with Gasteiger partial charge in [0.05, 0.1) is 5.52 Å². The van der Waals surface area contributed by atoms with Gasteiger partial charge in [-0.15, -0.1) is 0 Å². The minimum atomic E-state index is 0.534. The van der Waals surface area contributed by atoms with E-state index >= 15 is 0 Å². The van der Waals surface area contributed by atoms with Crippen LogP contribution in [0.4, 0.5) is 0 Å². The van der Waals surface area contributed by atoms with Gasteiger partial charge in [0.1, 0.15) is 0 Å². The molecule has 1 aromatic heterocycles. The zero-order valence-corrected chi connectivity index (χ0v) is 8.58. The van der Waals surface area contributed by atoms with E-state index in [0.717, 1.165) is 20.9 Å². The Morgan fingerprint density at radius 1 is 1.38 bits per heavy atom. The maximum Gasteiger partial charge on any atom is 0.0747 e. The Labute approximate surface area is 84.9 Å². The second kappa shape index (κ2) is 3.44. The number of aromatic nitrogens is 1. The third-order valence-corrected chi connectivity index (χ3v) is 2.41. The van der Waals surface area contributed by atoms with Gasteiger partial charge in [-0.1, -0.05) is 18.2 Å². The summed E-state index contributed by atoms with van der Waals surface area (Å²) in [6.45, 7) is 0.534. The third-order valence-electron chi connectivity index (χ3n) is 1.98. The zero-order valence-electron chi connectivity index (χ0n) is 7.00. The molecule has 0 bridgehead atoms. The molecule has 0 spiro atoms. The highest BCUT2D eigenvalue weighted by Gasteiger charge is 2.00. The molecule has 13 heavy (non-hydrogen) atoms. The van der Waals surface area contributed by atoms with Crippen LogP contribution >= 0.6 is 15.9 Å². The summed E-state index contributed by atoms with van der Waals surface area (Å²) in [4.78, 5) is 4.32. The predicted octanol–water partition coefficient (Wildman–Crippen LogP) is 2.46. The summed E-state index contributed by atoms with van der Waals surface area (Å²) in [6.07, 6.45) is 1.79. The highest BCUT2D eigenvalue weighted by molar-refractivity contribution is 9.10. The van der Waals surface area contributed by atoms with E-state index in [0.29, 0.717) is 6.54 Å². The van der Waals surface area contributed by atoms with Crippen molar-refractivity contribution in [3.63, 3.8) is 0 Å². The molecule has 0 amide bonds. The van der Waals surface area contributed by atoms with E-state index in [1.807, 2.05) is 24.3 Å². The van der Waals surface area contributed by atoms with Gasteiger partial charge in [-0.05, 0) is 27.6 Å². The molecular weight excluding hydrogens is 228 g/mol. The van der Waals surface area contributed by atoms with Crippen molar-refractivity contribution in [1.29, 1.82) is 0 Å². The fraction of sp³-hybridized carbons (Fsp3) is 0.100. The third kappa shape index (κ3) is 1.57. The second-order valence-electron chi connectivity index (χ2n) is 2.85. The van der Waals surface area contributed by atoms with E-state index in [4.69, 9.17) is 5.73 Å². The fourth-order valence-corrected chi connectivity index (χ4v) is 1.71. The Morgan fingerprint density at radius 3 is 3.00 bits per heavy atom. The highest BCUT2D eigenvalue weighted by atomic mass is 79.9. The maximum atomic E-state index is 5.60. The van der Waals surface area contributed by atoms with Crippen LogP contribution in [0.5, 0.6) is 0 Å². The lowest BCUT2D eigenvalue weighted by atomic mass is 10.1. The number of hydrogen-bond acceptors (Lipinski definition) is 2. The Bertz CT molecular complexity index is 440. The normalized spacial score (nSPS) is 10.6. The van der Waals surface area contributed by atoms with Gasteiger partial charge in [-0.25, -0.2) is 0 Å². The largest absolute Gasteiger partial charge is 0.326 e. The van der Waals surface area contributed by atoms with Crippen LogP contribution in [0.2, 0.25) is 0 Å². The van der Waals surface area contributed by atoms with Crippen molar-refractivity contribution in [2.45, 2.75) is 6.54 Å². The van der Waals surface area contributed by atoms with E-state index in [1.54, 1.807) is 6.20 Å². The van der Waals surface area contributed by atoms with Crippen molar-refractivity contribution in [3.05, 3.63) is 40.5 Å². The van der Waals surface area contributed by atoms with Crippen LogP contribution in [0.1, 0.15) is 5.56 Å². The average Bonchev–Trinajstić information content (AvgIpc) is 2.16. The van der Waals surface area contributed by atoms with Gasteiger partial charge >= 0.3 is 0 Å². The monoisotopic (exact) mass is 236 g/mol. The second-order valence-corrected chi connectivity index (χ2v) is 3.76. The van der Waals surface area contributed by atoms with E-state index in [2.05, 4.69) is 20.9 Å². The lowest BCUT2D eigenvalue weighted by Crippen LogP contribution is -1.97. The first-order chi connectivity index (χ1) is 6.31. The van der Waals surface area contributed by atoms with Gasteiger partial charge in [0, 0.05) is 22.6 Å². The molecule has 0 radical (unpaired) electrons. The highest BCUT2D eigenvalue weighted by Crippen LogP contribution is 2.19. The number of halogens is 1. The van der Waals surface area contributed by atoms with Gasteiger partial charge in [0.15, 0.2) is 0 Å². The minimum Gasteiger partial charge on any atom is -0.326 e.